The molecule has 27 heavy (non-hydrogen) atoms. The van der Waals surface area contributed by atoms with E-state index in [1.807, 2.05) is 17.5 Å². The Labute approximate surface area is 162 Å². The molecule has 2 fully saturated rings. The minimum absolute atomic E-state index is 0.0287. The number of piperazine rings is 1. The molecule has 1 aliphatic carbocycles. The van der Waals surface area contributed by atoms with Gasteiger partial charge in [0.1, 0.15) is 6.04 Å². The summed E-state index contributed by atoms with van der Waals surface area (Å²) in [5, 5.41) is 9.08. The van der Waals surface area contributed by atoms with Gasteiger partial charge in [-0.3, -0.25) is 9.59 Å². The zero-order valence-corrected chi connectivity index (χ0v) is 16.5. The first-order chi connectivity index (χ1) is 13.0. The maximum atomic E-state index is 13.2. The number of aromatic nitrogens is 1. The van der Waals surface area contributed by atoms with Crippen LogP contribution in [0.2, 0.25) is 0 Å². The number of amides is 2. The second-order valence-corrected chi connectivity index (χ2v) is 8.99. The summed E-state index contributed by atoms with van der Waals surface area (Å²) < 4.78 is 5.38. The van der Waals surface area contributed by atoms with Crippen LogP contribution in [0, 0.1) is 11.8 Å². The summed E-state index contributed by atoms with van der Waals surface area (Å²) in [4.78, 5) is 28.6. The average molecular weight is 388 g/mol. The molecular weight excluding hydrogens is 362 g/mol. The van der Waals surface area contributed by atoms with Crippen LogP contribution in [0.1, 0.15) is 50.0 Å². The minimum Gasteiger partial charge on any atom is -0.355 e. The summed E-state index contributed by atoms with van der Waals surface area (Å²) in [5.74, 6) is 1.32. The molecule has 2 amide bonds. The molecule has 2 aliphatic rings. The van der Waals surface area contributed by atoms with E-state index >= 15 is 0 Å². The number of nitrogens with zero attached hydrogens (tertiary/aromatic N) is 2. The van der Waals surface area contributed by atoms with E-state index in [-0.39, 0.29) is 23.6 Å². The number of nitrogens with one attached hydrogen (secondary N) is 1. The van der Waals surface area contributed by atoms with Crippen LogP contribution in [-0.2, 0) is 4.79 Å². The van der Waals surface area contributed by atoms with Gasteiger partial charge < -0.3 is 14.7 Å². The van der Waals surface area contributed by atoms with Crippen LogP contribution < -0.4 is 5.32 Å². The number of rotatable bonds is 6. The molecule has 0 bridgehead atoms. The largest absolute Gasteiger partial charge is 0.355 e. The smallest absolute Gasteiger partial charge is 0.276 e. The number of carbonyl (C=O) groups excluding carboxylic acids is 2. The molecule has 1 saturated heterocycles. The zero-order valence-electron chi connectivity index (χ0n) is 15.7. The van der Waals surface area contributed by atoms with Gasteiger partial charge in [-0.2, -0.15) is 0 Å². The summed E-state index contributed by atoms with van der Waals surface area (Å²) in [5.41, 5.74) is 0.270. The van der Waals surface area contributed by atoms with Gasteiger partial charge in [-0.05, 0) is 36.1 Å². The molecule has 7 heteroatoms. The highest BCUT2D eigenvalue weighted by atomic mass is 32.1. The monoisotopic (exact) mass is 387 g/mol. The molecule has 0 spiro atoms. The van der Waals surface area contributed by atoms with E-state index in [0.717, 1.165) is 11.3 Å². The van der Waals surface area contributed by atoms with Crippen molar-refractivity contribution in [3.63, 3.8) is 0 Å². The predicted octanol–water partition coefficient (Wildman–Crippen LogP) is 3.56. The number of carbonyl (C=O) groups is 2. The van der Waals surface area contributed by atoms with Crippen molar-refractivity contribution >= 4 is 23.2 Å². The van der Waals surface area contributed by atoms with E-state index in [1.54, 1.807) is 11.0 Å². The summed E-state index contributed by atoms with van der Waals surface area (Å²) in [6.07, 6.45) is 4.04. The third-order valence-electron chi connectivity index (χ3n) is 5.21. The van der Waals surface area contributed by atoms with Gasteiger partial charge >= 0.3 is 0 Å². The fourth-order valence-corrected chi connectivity index (χ4v) is 4.38. The third-order valence-corrected chi connectivity index (χ3v) is 6.09. The van der Waals surface area contributed by atoms with E-state index in [2.05, 4.69) is 24.3 Å². The Balaban J connectivity index is 1.56. The Hall–Kier alpha value is -2.15. The normalized spacial score (nSPS) is 22.9. The Morgan fingerprint density at radius 2 is 2.26 bits per heavy atom. The Bertz CT molecular complexity index is 810. The van der Waals surface area contributed by atoms with E-state index < -0.39 is 6.04 Å². The molecule has 2 atom stereocenters. The van der Waals surface area contributed by atoms with Crippen molar-refractivity contribution < 1.29 is 14.1 Å². The Kier molecular flexibility index (Phi) is 5.04. The Morgan fingerprint density at radius 1 is 1.44 bits per heavy atom. The standard InChI is InChI=1S/C20H25N3O3S/c1-12(2)8-16-19(24)21-14(9-13-5-6-13)11-23(16)20(25)15-10-17(26-22-15)18-4-3-7-27-18/h3-4,7,10,12-14,16H,5-6,8-9,11H2,1-2H3,(H,21,24)/t14-,16-/m0/s1. The second kappa shape index (κ2) is 7.46. The first-order valence-electron chi connectivity index (χ1n) is 9.63. The van der Waals surface area contributed by atoms with Gasteiger partial charge in [0.05, 0.1) is 4.88 Å². The van der Waals surface area contributed by atoms with Crippen molar-refractivity contribution in [2.75, 3.05) is 6.54 Å². The first-order valence-corrected chi connectivity index (χ1v) is 10.5. The van der Waals surface area contributed by atoms with Gasteiger partial charge in [0, 0.05) is 18.7 Å². The van der Waals surface area contributed by atoms with Crippen molar-refractivity contribution in [2.24, 2.45) is 11.8 Å². The van der Waals surface area contributed by atoms with E-state index in [0.29, 0.717) is 30.6 Å². The number of hydrogen-bond acceptors (Lipinski definition) is 5. The molecule has 144 valence electrons. The van der Waals surface area contributed by atoms with Crippen molar-refractivity contribution in [1.29, 1.82) is 0 Å². The van der Waals surface area contributed by atoms with Gasteiger partial charge in [-0.15, -0.1) is 11.3 Å². The van der Waals surface area contributed by atoms with E-state index in [4.69, 9.17) is 4.52 Å². The molecular formula is C20H25N3O3S. The number of thiophene rings is 1. The maximum Gasteiger partial charge on any atom is 0.276 e. The quantitative estimate of drug-likeness (QED) is 0.822. The summed E-state index contributed by atoms with van der Waals surface area (Å²) in [7, 11) is 0. The van der Waals surface area contributed by atoms with E-state index in [9.17, 15) is 9.59 Å². The van der Waals surface area contributed by atoms with Crippen LogP contribution in [-0.4, -0.2) is 40.5 Å². The Morgan fingerprint density at radius 3 is 2.93 bits per heavy atom. The molecule has 4 rings (SSSR count). The lowest BCUT2D eigenvalue weighted by molar-refractivity contribution is -0.130. The predicted molar refractivity (Wildman–Crippen MR) is 103 cm³/mol. The molecule has 0 aromatic carbocycles. The summed E-state index contributed by atoms with van der Waals surface area (Å²) >= 11 is 1.54. The third kappa shape index (κ3) is 4.08. The highest BCUT2D eigenvalue weighted by Gasteiger charge is 2.40. The fraction of sp³-hybridized carbons (Fsp3) is 0.550. The average Bonchev–Trinajstić information content (AvgIpc) is 3.11. The van der Waals surface area contributed by atoms with Crippen LogP contribution in [0.3, 0.4) is 0 Å². The van der Waals surface area contributed by atoms with Crippen molar-refractivity contribution in [1.82, 2.24) is 15.4 Å². The number of hydrogen-bond donors (Lipinski definition) is 1. The van der Waals surface area contributed by atoms with Crippen LogP contribution >= 0.6 is 11.3 Å². The van der Waals surface area contributed by atoms with Gasteiger partial charge in [-0.25, -0.2) is 0 Å². The van der Waals surface area contributed by atoms with E-state index in [1.165, 1.54) is 24.2 Å². The van der Waals surface area contributed by atoms with Crippen molar-refractivity contribution in [3.05, 3.63) is 29.3 Å². The van der Waals surface area contributed by atoms with Crippen LogP contribution in [0.25, 0.3) is 10.6 Å². The van der Waals surface area contributed by atoms with Gasteiger partial charge in [0.25, 0.3) is 5.91 Å². The van der Waals surface area contributed by atoms with Crippen molar-refractivity contribution in [2.45, 2.75) is 51.6 Å². The molecule has 1 aliphatic heterocycles. The van der Waals surface area contributed by atoms with Gasteiger partial charge in [-0.1, -0.05) is 37.9 Å². The molecule has 1 N–H and O–H groups in total. The van der Waals surface area contributed by atoms with Crippen LogP contribution in [0.5, 0.6) is 0 Å². The molecule has 2 aromatic heterocycles. The topological polar surface area (TPSA) is 75.4 Å². The molecule has 0 radical (unpaired) electrons. The minimum atomic E-state index is -0.449. The maximum absolute atomic E-state index is 13.2. The second-order valence-electron chi connectivity index (χ2n) is 8.04. The SMILES string of the molecule is CC(C)C[C@H]1C(=O)N[C@@H](CC2CC2)CN1C(=O)c1cc(-c2cccs2)on1. The van der Waals surface area contributed by atoms with Gasteiger partial charge in [0.2, 0.25) is 5.91 Å². The molecule has 2 aromatic rings. The molecule has 0 unspecified atom stereocenters. The highest BCUT2D eigenvalue weighted by molar-refractivity contribution is 7.13. The summed E-state index contributed by atoms with van der Waals surface area (Å²) in [6, 6.07) is 5.13. The lowest BCUT2D eigenvalue weighted by Crippen LogP contribution is -2.62. The molecule has 6 nitrogen and oxygen atoms in total. The fourth-order valence-electron chi connectivity index (χ4n) is 3.70. The zero-order chi connectivity index (χ0) is 19.0. The first kappa shape index (κ1) is 18.2. The molecule has 1 saturated carbocycles. The highest BCUT2D eigenvalue weighted by Crippen LogP contribution is 2.35. The van der Waals surface area contributed by atoms with Gasteiger partial charge in [0.15, 0.2) is 11.5 Å². The lowest BCUT2D eigenvalue weighted by Gasteiger charge is -2.40. The van der Waals surface area contributed by atoms with Crippen molar-refractivity contribution in [3.8, 4) is 10.6 Å². The lowest BCUT2D eigenvalue weighted by atomic mass is 9.96. The summed E-state index contributed by atoms with van der Waals surface area (Å²) in [6.45, 7) is 4.67. The van der Waals surface area contributed by atoms with Crippen LogP contribution in [0.15, 0.2) is 28.1 Å². The molecule has 3 heterocycles. The van der Waals surface area contributed by atoms with Crippen LogP contribution in [0.4, 0.5) is 0 Å².